The van der Waals surface area contributed by atoms with Gasteiger partial charge in [0.2, 0.25) is 0 Å². The number of rotatable bonds is 3. The Labute approximate surface area is 115 Å². The van der Waals surface area contributed by atoms with Crippen molar-refractivity contribution in [1.82, 2.24) is 4.90 Å². The summed E-state index contributed by atoms with van der Waals surface area (Å²) >= 11 is 1.39. The zero-order valence-electron chi connectivity index (χ0n) is 11.0. The Morgan fingerprint density at radius 2 is 2.26 bits per heavy atom. The number of nitrogens with zero attached hydrogens (tertiary/aromatic N) is 1. The molecule has 0 bridgehead atoms. The average Bonchev–Trinajstić information content (AvgIpc) is 2.79. The lowest BCUT2D eigenvalue weighted by molar-refractivity contribution is -0.143. The number of likely N-dealkylation sites (tertiary alicyclic amines) is 1. The smallest absolute Gasteiger partial charge is 0.308 e. The van der Waals surface area contributed by atoms with Gasteiger partial charge in [-0.05, 0) is 25.8 Å². The first-order valence-corrected chi connectivity index (χ1v) is 7.01. The molecule has 0 aliphatic carbocycles. The Morgan fingerprint density at radius 1 is 1.53 bits per heavy atom. The van der Waals surface area contributed by atoms with Gasteiger partial charge in [0.15, 0.2) is 0 Å². The molecule has 6 heteroatoms. The van der Waals surface area contributed by atoms with E-state index in [4.69, 9.17) is 9.84 Å². The van der Waals surface area contributed by atoms with Crippen LogP contribution >= 0.6 is 11.3 Å². The molecule has 2 rings (SSSR count). The number of hydrogen-bond acceptors (Lipinski definition) is 4. The minimum absolute atomic E-state index is 0.124. The van der Waals surface area contributed by atoms with Gasteiger partial charge in [-0.25, -0.2) is 0 Å². The minimum Gasteiger partial charge on any atom is -0.495 e. The van der Waals surface area contributed by atoms with Crippen molar-refractivity contribution in [3.63, 3.8) is 0 Å². The maximum absolute atomic E-state index is 12.4. The first-order valence-electron chi connectivity index (χ1n) is 6.19. The monoisotopic (exact) mass is 283 g/mol. The van der Waals surface area contributed by atoms with Gasteiger partial charge < -0.3 is 14.7 Å². The summed E-state index contributed by atoms with van der Waals surface area (Å²) in [5.74, 6) is -0.831. The molecule has 0 saturated carbocycles. The zero-order chi connectivity index (χ0) is 14.0. The molecular weight excluding hydrogens is 266 g/mol. The first-order chi connectivity index (χ1) is 9.02. The van der Waals surface area contributed by atoms with Crippen LogP contribution in [0.5, 0.6) is 5.75 Å². The highest BCUT2D eigenvalue weighted by Crippen LogP contribution is 2.31. The third-order valence-electron chi connectivity index (χ3n) is 3.29. The molecule has 1 aliphatic rings. The van der Waals surface area contributed by atoms with Crippen molar-refractivity contribution in [1.29, 1.82) is 0 Å². The fraction of sp³-hybridized carbons (Fsp3) is 0.538. The van der Waals surface area contributed by atoms with Crippen LogP contribution in [0, 0.1) is 12.8 Å². The number of aliphatic carboxylic acids is 1. The number of carbonyl (C=O) groups excluding carboxylic acids is 1. The number of hydrogen-bond donors (Lipinski definition) is 1. The second-order valence-electron chi connectivity index (χ2n) is 4.68. The SMILES string of the molecule is COc1cc(C)sc1C(=O)N1CCCC(C(=O)O)C1. The third-order valence-corrected chi connectivity index (χ3v) is 4.31. The van der Waals surface area contributed by atoms with Crippen LogP contribution in [0.2, 0.25) is 0 Å². The zero-order valence-corrected chi connectivity index (χ0v) is 11.8. The van der Waals surface area contributed by atoms with E-state index in [-0.39, 0.29) is 12.5 Å². The van der Waals surface area contributed by atoms with E-state index >= 15 is 0 Å². The summed E-state index contributed by atoms with van der Waals surface area (Å²) in [6.07, 6.45) is 1.37. The number of amides is 1. The van der Waals surface area contributed by atoms with E-state index in [9.17, 15) is 9.59 Å². The van der Waals surface area contributed by atoms with E-state index in [1.54, 1.807) is 4.90 Å². The lowest BCUT2D eigenvalue weighted by atomic mass is 9.98. The van der Waals surface area contributed by atoms with Crippen LogP contribution in [0.1, 0.15) is 27.4 Å². The van der Waals surface area contributed by atoms with Crippen LogP contribution in [-0.2, 0) is 4.79 Å². The van der Waals surface area contributed by atoms with Crippen molar-refractivity contribution in [2.75, 3.05) is 20.2 Å². The highest BCUT2D eigenvalue weighted by atomic mass is 32.1. The number of thiophene rings is 1. The molecule has 0 aromatic carbocycles. The second-order valence-corrected chi connectivity index (χ2v) is 5.94. The Balaban J connectivity index is 2.16. The largest absolute Gasteiger partial charge is 0.495 e. The number of methoxy groups -OCH3 is 1. The van der Waals surface area contributed by atoms with Crippen LogP contribution in [0.4, 0.5) is 0 Å². The van der Waals surface area contributed by atoms with Crippen molar-refractivity contribution in [2.45, 2.75) is 19.8 Å². The van der Waals surface area contributed by atoms with Crippen molar-refractivity contribution < 1.29 is 19.4 Å². The fourth-order valence-electron chi connectivity index (χ4n) is 2.30. The molecule has 0 spiro atoms. The molecule has 1 N–H and O–H groups in total. The molecule has 0 radical (unpaired) electrons. The molecule has 1 aromatic heterocycles. The molecule has 1 fully saturated rings. The molecule has 104 valence electrons. The van der Waals surface area contributed by atoms with E-state index in [1.807, 2.05) is 13.0 Å². The lowest BCUT2D eigenvalue weighted by Crippen LogP contribution is -2.42. The maximum atomic E-state index is 12.4. The molecule has 5 nitrogen and oxygen atoms in total. The van der Waals surface area contributed by atoms with Gasteiger partial charge in [-0.3, -0.25) is 9.59 Å². The van der Waals surface area contributed by atoms with Crippen molar-refractivity contribution in [3.05, 3.63) is 15.8 Å². The second kappa shape index (κ2) is 5.61. The topological polar surface area (TPSA) is 66.8 Å². The van der Waals surface area contributed by atoms with Gasteiger partial charge in [-0.1, -0.05) is 0 Å². The van der Waals surface area contributed by atoms with Crippen LogP contribution in [-0.4, -0.2) is 42.1 Å². The van der Waals surface area contributed by atoms with Gasteiger partial charge in [-0.2, -0.15) is 0 Å². The van der Waals surface area contributed by atoms with Crippen LogP contribution in [0.3, 0.4) is 0 Å². The van der Waals surface area contributed by atoms with Gasteiger partial charge in [0.1, 0.15) is 10.6 Å². The van der Waals surface area contributed by atoms with Gasteiger partial charge in [0.25, 0.3) is 5.91 Å². The summed E-state index contributed by atoms with van der Waals surface area (Å²) in [7, 11) is 1.54. The molecule has 1 atom stereocenters. The Hall–Kier alpha value is -1.56. The van der Waals surface area contributed by atoms with Gasteiger partial charge in [-0.15, -0.1) is 11.3 Å². The number of carboxylic acids is 1. The number of piperidine rings is 1. The summed E-state index contributed by atoms with van der Waals surface area (Å²) < 4.78 is 5.20. The van der Waals surface area contributed by atoms with Gasteiger partial charge in [0.05, 0.1) is 13.0 Å². The van der Waals surface area contributed by atoms with Crippen LogP contribution in [0.15, 0.2) is 6.07 Å². The van der Waals surface area contributed by atoms with Crippen molar-refractivity contribution in [3.8, 4) is 5.75 Å². The lowest BCUT2D eigenvalue weighted by Gasteiger charge is -2.30. The average molecular weight is 283 g/mol. The minimum atomic E-state index is -0.827. The molecular formula is C13H17NO4S. The number of carboxylic acid groups (broad SMARTS) is 1. The highest BCUT2D eigenvalue weighted by molar-refractivity contribution is 7.14. The molecule has 19 heavy (non-hydrogen) atoms. The molecule has 2 heterocycles. The van der Waals surface area contributed by atoms with E-state index in [1.165, 1.54) is 18.4 Å². The van der Waals surface area contributed by atoms with Crippen molar-refractivity contribution >= 4 is 23.2 Å². The molecule has 1 saturated heterocycles. The summed E-state index contributed by atoms with van der Waals surface area (Å²) in [5, 5.41) is 9.05. The first kappa shape index (κ1) is 13.9. The van der Waals surface area contributed by atoms with E-state index in [2.05, 4.69) is 0 Å². The summed E-state index contributed by atoms with van der Waals surface area (Å²) in [6.45, 7) is 2.82. The number of carbonyl (C=O) groups is 2. The van der Waals surface area contributed by atoms with E-state index < -0.39 is 11.9 Å². The van der Waals surface area contributed by atoms with Gasteiger partial charge >= 0.3 is 5.97 Å². The maximum Gasteiger partial charge on any atom is 0.308 e. The van der Waals surface area contributed by atoms with Gasteiger partial charge in [0, 0.05) is 18.0 Å². The summed E-state index contributed by atoms with van der Waals surface area (Å²) in [4.78, 5) is 26.6. The Morgan fingerprint density at radius 3 is 2.89 bits per heavy atom. The van der Waals surface area contributed by atoms with E-state index in [0.717, 1.165) is 11.3 Å². The molecule has 1 aliphatic heterocycles. The fourth-order valence-corrected chi connectivity index (χ4v) is 3.25. The van der Waals surface area contributed by atoms with Crippen LogP contribution < -0.4 is 4.74 Å². The molecule has 1 unspecified atom stereocenters. The third kappa shape index (κ3) is 2.89. The standard InChI is InChI=1S/C13H17NO4S/c1-8-6-10(18-2)11(19-8)12(15)14-5-3-4-9(7-14)13(16)17/h6,9H,3-5,7H2,1-2H3,(H,16,17). The van der Waals surface area contributed by atoms with Crippen LogP contribution in [0.25, 0.3) is 0 Å². The van der Waals surface area contributed by atoms with E-state index in [0.29, 0.717) is 23.6 Å². The Bertz CT molecular complexity index is 497. The molecule has 1 aromatic rings. The quantitative estimate of drug-likeness (QED) is 0.921. The normalized spacial score (nSPS) is 19.3. The number of aryl methyl sites for hydroxylation is 1. The predicted molar refractivity (Wildman–Crippen MR) is 71.9 cm³/mol. The highest BCUT2D eigenvalue weighted by Gasteiger charge is 2.30. The molecule has 1 amide bonds. The Kier molecular flexibility index (Phi) is 4.09. The summed E-state index contributed by atoms with van der Waals surface area (Å²) in [5.41, 5.74) is 0. The number of ether oxygens (including phenoxy) is 1. The predicted octanol–water partition coefficient (Wildman–Crippen LogP) is 2.00. The van der Waals surface area contributed by atoms with Crippen molar-refractivity contribution in [2.24, 2.45) is 5.92 Å². The summed E-state index contributed by atoms with van der Waals surface area (Å²) in [6, 6.07) is 1.83.